The quantitative estimate of drug-likeness (QED) is 0.557. The van der Waals surface area contributed by atoms with Gasteiger partial charge in [0.2, 0.25) is 5.95 Å². The highest BCUT2D eigenvalue weighted by atomic mass is 16.6. The van der Waals surface area contributed by atoms with Gasteiger partial charge in [-0.2, -0.15) is 0 Å². The Hall–Kier alpha value is -3.42. The van der Waals surface area contributed by atoms with Gasteiger partial charge in [0.25, 0.3) is 5.69 Å². The third kappa shape index (κ3) is 2.08. The molecule has 23 heavy (non-hydrogen) atoms. The van der Waals surface area contributed by atoms with E-state index in [-0.39, 0.29) is 11.6 Å². The monoisotopic (exact) mass is 308 g/mol. The van der Waals surface area contributed by atoms with Gasteiger partial charge in [-0.1, -0.05) is 24.3 Å². The first-order valence-electron chi connectivity index (χ1n) is 6.95. The van der Waals surface area contributed by atoms with E-state index in [4.69, 9.17) is 5.73 Å². The number of guanidine groups is 1. The van der Waals surface area contributed by atoms with Gasteiger partial charge < -0.3 is 5.73 Å². The largest absolute Gasteiger partial charge is 0.370 e. The van der Waals surface area contributed by atoms with Crippen molar-refractivity contribution in [3.63, 3.8) is 0 Å². The van der Waals surface area contributed by atoms with E-state index in [1.165, 1.54) is 12.1 Å². The molecule has 2 heterocycles. The minimum atomic E-state index is -0.501. The summed E-state index contributed by atoms with van der Waals surface area (Å²) in [6, 6.07) is 14.0. The Bertz CT molecular complexity index is 962. The van der Waals surface area contributed by atoms with Crippen molar-refractivity contribution in [2.24, 2.45) is 10.7 Å². The van der Waals surface area contributed by atoms with Crippen molar-refractivity contribution in [2.75, 3.05) is 5.32 Å². The molecule has 1 aliphatic rings. The first-order valence-corrected chi connectivity index (χ1v) is 6.95. The lowest BCUT2D eigenvalue weighted by atomic mass is 10.1. The van der Waals surface area contributed by atoms with Gasteiger partial charge in [-0.25, -0.2) is 9.98 Å². The molecule has 3 N–H and O–H groups in total. The minimum Gasteiger partial charge on any atom is -0.370 e. The molecular formula is C15H12N6O2. The van der Waals surface area contributed by atoms with E-state index in [1.807, 2.05) is 28.8 Å². The smallest absolute Gasteiger partial charge is 0.269 e. The predicted octanol–water partition coefficient (Wildman–Crippen LogP) is 2.23. The molecule has 0 unspecified atom stereocenters. The van der Waals surface area contributed by atoms with Crippen LogP contribution in [-0.2, 0) is 0 Å². The number of nitrogens with one attached hydrogen (secondary N) is 1. The normalized spacial score (nSPS) is 16.5. The Morgan fingerprint density at radius 3 is 2.87 bits per heavy atom. The van der Waals surface area contributed by atoms with E-state index in [0.29, 0.717) is 11.5 Å². The average Bonchev–Trinajstić information content (AvgIpc) is 2.92. The van der Waals surface area contributed by atoms with Crippen molar-refractivity contribution in [1.82, 2.24) is 9.55 Å². The second-order valence-corrected chi connectivity index (χ2v) is 5.16. The molecule has 0 aliphatic carbocycles. The summed E-state index contributed by atoms with van der Waals surface area (Å²) in [6.45, 7) is 0. The first kappa shape index (κ1) is 13.3. The van der Waals surface area contributed by atoms with Crippen LogP contribution in [0.25, 0.3) is 11.0 Å². The molecule has 0 saturated heterocycles. The van der Waals surface area contributed by atoms with Crippen molar-refractivity contribution < 1.29 is 4.92 Å². The van der Waals surface area contributed by atoms with Crippen LogP contribution in [0, 0.1) is 10.1 Å². The lowest BCUT2D eigenvalue weighted by Gasteiger charge is -2.23. The molecule has 4 rings (SSSR count). The van der Waals surface area contributed by atoms with Gasteiger partial charge in [-0.15, -0.1) is 0 Å². The molecule has 0 radical (unpaired) electrons. The van der Waals surface area contributed by atoms with Gasteiger partial charge >= 0.3 is 0 Å². The van der Waals surface area contributed by atoms with Crippen LogP contribution in [0.15, 0.2) is 53.5 Å². The van der Waals surface area contributed by atoms with E-state index in [0.717, 1.165) is 11.0 Å². The number of para-hydroxylation sites is 2. The molecule has 114 valence electrons. The Balaban J connectivity index is 1.93. The minimum absolute atomic E-state index is 0.0146. The number of aromatic nitrogens is 2. The zero-order valence-corrected chi connectivity index (χ0v) is 11.9. The first-order chi connectivity index (χ1) is 11.1. The fourth-order valence-corrected chi connectivity index (χ4v) is 2.74. The second-order valence-electron chi connectivity index (χ2n) is 5.16. The molecule has 0 saturated carbocycles. The summed E-state index contributed by atoms with van der Waals surface area (Å²) >= 11 is 0. The molecule has 0 spiro atoms. The van der Waals surface area contributed by atoms with Gasteiger partial charge in [0.1, 0.15) is 0 Å². The van der Waals surface area contributed by atoms with Gasteiger partial charge in [0, 0.05) is 17.7 Å². The number of nitro benzene ring substituents is 1. The van der Waals surface area contributed by atoms with Crippen LogP contribution < -0.4 is 11.1 Å². The summed E-state index contributed by atoms with van der Waals surface area (Å²) in [5.74, 6) is 0.791. The summed E-state index contributed by atoms with van der Waals surface area (Å²) in [5, 5.41) is 14.0. The molecule has 0 bridgehead atoms. The van der Waals surface area contributed by atoms with Crippen molar-refractivity contribution in [3.05, 3.63) is 64.2 Å². The molecule has 8 nitrogen and oxygen atoms in total. The molecule has 1 atom stereocenters. The summed E-state index contributed by atoms with van der Waals surface area (Å²) in [6.07, 6.45) is -0.501. The fraction of sp³-hybridized carbons (Fsp3) is 0.0667. The molecular weight excluding hydrogens is 296 g/mol. The second kappa shape index (κ2) is 4.80. The molecule has 1 aliphatic heterocycles. The number of benzene rings is 2. The lowest BCUT2D eigenvalue weighted by molar-refractivity contribution is -0.384. The van der Waals surface area contributed by atoms with Gasteiger partial charge in [-0.3, -0.25) is 20.0 Å². The van der Waals surface area contributed by atoms with E-state index in [1.54, 1.807) is 12.1 Å². The van der Waals surface area contributed by atoms with E-state index >= 15 is 0 Å². The van der Waals surface area contributed by atoms with Crippen molar-refractivity contribution in [3.8, 4) is 0 Å². The molecule has 0 amide bonds. The van der Waals surface area contributed by atoms with Crippen LogP contribution in [0.2, 0.25) is 0 Å². The number of hydrogen-bond donors (Lipinski definition) is 2. The van der Waals surface area contributed by atoms with Crippen molar-refractivity contribution in [1.29, 1.82) is 0 Å². The number of rotatable bonds is 2. The topological polar surface area (TPSA) is 111 Å². The highest BCUT2D eigenvalue weighted by Crippen LogP contribution is 2.33. The number of imidazole rings is 1. The van der Waals surface area contributed by atoms with E-state index in [2.05, 4.69) is 15.3 Å². The zero-order chi connectivity index (χ0) is 16.0. The Kier molecular flexibility index (Phi) is 2.77. The molecule has 0 fully saturated rings. The number of nitrogens with zero attached hydrogens (tertiary/aromatic N) is 4. The summed E-state index contributed by atoms with van der Waals surface area (Å²) < 4.78 is 1.88. The molecule has 8 heteroatoms. The maximum atomic E-state index is 11.0. The summed E-state index contributed by atoms with van der Waals surface area (Å²) in [4.78, 5) is 19.5. The molecule has 1 aromatic heterocycles. The number of non-ortho nitro benzene ring substituents is 1. The highest BCUT2D eigenvalue weighted by molar-refractivity contribution is 5.94. The Morgan fingerprint density at radius 1 is 1.22 bits per heavy atom. The number of anilines is 1. The number of fused-ring (bicyclic) bond motifs is 3. The van der Waals surface area contributed by atoms with E-state index < -0.39 is 11.1 Å². The van der Waals surface area contributed by atoms with Crippen LogP contribution >= 0.6 is 0 Å². The summed E-state index contributed by atoms with van der Waals surface area (Å²) in [5.41, 5.74) is 8.22. The Morgan fingerprint density at radius 2 is 2.04 bits per heavy atom. The number of aliphatic imine (C=N–C) groups is 1. The third-order valence-corrected chi connectivity index (χ3v) is 3.72. The van der Waals surface area contributed by atoms with Crippen LogP contribution in [0.4, 0.5) is 11.6 Å². The van der Waals surface area contributed by atoms with Crippen molar-refractivity contribution in [2.45, 2.75) is 6.17 Å². The van der Waals surface area contributed by atoms with Gasteiger partial charge in [-0.05, 0) is 12.1 Å². The molecule has 2 aromatic carbocycles. The zero-order valence-electron chi connectivity index (χ0n) is 11.9. The molecule has 3 aromatic rings. The van der Waals surface area contributed by atoms with Crippen LogP contribution in [0.1, 0.15) is 11.7 Å². The van der Waals surface area contributed by atoms with Crippen LogP contribution in [0.3, 0.4) is 0 Å². The van der Waals surface area contributed by atoms with Crippen LogP contribution in [0.5, 0.6) is 0 Å². The average molecular weight is 308 g/mol. The van der Waals surface area contributed by atoms with E-state index in [9.17, 15) is 10.1 Å². The lowest BCUT2D eigenvalue weighted by Crippen LogP contribution is -2.31. The number of hydrogen-bond acceptors (Lipinski definition) is 6. The van der Waals surface area contributed by atoms with Crippen molar-refractivity contribution >= 4 is 28.6 Å². The highest BCUT2D eigenvalue weighted by Gasteiger charge is 2.25. The summed E-state index contributed by atoms with van der Waals surface area (Å²) in [7, 11) is 0. The number of nitrogens with two attached hydrogens (primary N) is 1. The SMILES string of the molecule is NC1=N[C@@H](c2cccc([N+](=O)[O-])c2)n2c(nc3ccccc32)N1. The standard InChI is InChI=1S/C15H12N6O2/c16-14-18-13(9-4-3-5-10(8-9)21(22)23)20-12-7-2-1-6-11(12)17-15(20)19-14/h1-8,13H,(H3,16,17,18,19)/t13-/m1/s1. The maximum absolute atomic E-state index is 11.0. The van der Waals surface area contributed by atoms with Gasteiger partial charge in [0.15, 0.2) is 12.1 Å². The Labute approximate surface area is 130 Å². The van der Waals surface area contributed by atoms with Crippen LogP contribution in [-0.4, -0.2) is 20.4 Å². The van der Waals surface area contributed by atoms with Gasteiger partial charge in [0.05, 0.1) is 16.0 Å². The predicted molar refractivity (Wildman–Crippen MR) is 86.2 cm³/mol. The maximum Gasteiger partial charge on any atom is 0.269 e. The fourth-order valence-electron chi connectivity index (χ4n) is 2.74. The third-order valence-electron chi connectivity index (χ3n) is 3.72. The number of nitro groups is 1.